The lowest BCUT2D eigenvalue weighted by atomic mass is 10.0. The molecule has 1 fully saturated rings. The van der Waals surface area contributed by atoms with Gasteiger partial charge in [0.25, 0.3) is 0 Å². The van der Waals surface area contributed by atoms with E-state index >= 15 is 0 Å². The molecule has 0 atom stereocenters. The zero-order chi connectivity index (χ0) is 16.2. The van der Waals surface area contributed by atoms with Gasteiger partial charge in [-0.15, -0.1) is 0 Å². The molecule has 1 aromatic rings. The minimum atomic E-state index is -0.931. The van der Waals surface area contributed by atoms with Crippen LogP contribution in [0.5, 0.6) is 0 Å². The van der Waals surface area contributed by atoms with E-state index < -0.39 is 5.41 Å². The van der Waals surface area contributed by atoms with Crippen LogP contribution < -0.4 is 10.6 Å². The fraction of sp³-hybridized carbons (Fsp3) is 0.471. The Morgan fingerprint density at radius 1 is 1.32 bits per heavy atom. The van der Waals surface area contributed by atoms with Crippen molar-refractivity contribution in [2.24, 2.45) is 11.3 Å². The zero-order valence-electron chi connectivity index (χ0n) is 13.0. The summed E-state index contributed by atoms with van der Waals surface area (Å²) in [4.78, 5) is 24.6. The van der Waals surface area contributed by atoms with Crippen molar-refractivity contribution in [3.8, 4) is 6.07 Å². The Balaban J connectivity index is 1.96. The molecule has 0 unspecified atom stereocenters. The van der Waals surface area contributed by atoms with Crippen LogP contribution >= 0.6 is 0 Å². The number of nitrogens with one attached hydrogen (secondary N) is 2. The van der Waals surface area contributed by atoms with E-state index in [1.54, 1.807) is 24.3 Å². The number of nitrogens with zero attached hydrogens (tertiary/aromatic N) is 1. The number of hydrogen-bond acceptors (Lipinski definition) is 3. The minimum absolute atomic E-state index is 0.193. The highest BCUT2D eigenvalue weighted by Crippen LogP contribution is 2.46. The SMILES string of the molecule is CC(C)CCNC(=O)C1(C(=O)Nc2cccc(C#N)c2)CC1. The fourth-order valence-electron chi connectivity index (χ4n) is 2.24. The average molecular weight is 299 g/mol. The Morgan fingerprint density at radius 2 is 2.05 bits per heavy atom. The lowest BCUT2D eigenvalue weighted by molar-refractivity contribution is -0.134. The third-order valence-electron chi connectivity index (χ3n) is 3.88. The third-order valence-corrected chi connectivity index (χ3v) is 3.88. The quantitative estimate of drug-likeness (QED) is 0.791. The molecule has 2 amide bonds. The van der Waals surface area contributed by atoms with Crippen LogP contribution in [0, 0.1) is 22.7 Å². The second-order valence-corrected chi connectivity index (χ2v) is 6.17. The first kappa shape index (κ1) is 16.0. The Morgan fingerprint density at radius 3 is 2.64 bits per heavy atom. The van der Waals surface area contributed by atoms with Gasteiger partial charge in [-0.1, -0.05) is 19.9 Å². The van der Waals surface area contributed by atoms with Crippen LogP contribution in [0.15, 0.2) is 24.3 Å². The number of hydrogen-bond donors (Lipinski definition) is 2. The van der Waals surface area contributed by atoms with Crippen molar-refractivity contribution in [1.29, 1.82) is 5.26 Å². The summed E-state index contributed by atoms with van der Waals surface area (Å²) in [6.07, 6.45) is 2.04. The van der Waals surface area contributed by atoms with Gasteiger partial charge >= 0.3 is 0 Å². The maximum Gasteiger partial charge on any atom is 0.240 e. The lowest BCUT2D eigenvalue weighted by Gasteiger charge is -2.16. The van der Waals surface area contributed by atoms with E-state index in [1.165, 1.54) is 0 Å². The first-order valence-corrected chi connectivity index (χ1v) is 7.58. The topological polar surface area (TPSA) is 82.0 Å². The summed E-state index contributed by atoms with van der Waals surface area (Å²) in [6.45, 7) is 4.78. The number of nitriles is 1. The van der Waals surface area contributed by atoms with Crippen molar-refractivity contribution >= 4 is 17.5 Å². The third kappa shape index (κ3) is 3.64. The van der Waals surface area contributed by atoms with E-state index in [0.717, 1.165) is 6.42 Å². The molecule has 1 aliphatic rings. The number of carbonyl (C=O) groups excluding carboxylic acids is 2. The van der Waals surface area contributed by atoms with Crippen molar-refractivity contribution in [2.45, 2.75) is 33.1 Å². The Hall–Kier alpha value is -2.35. The molecule has 22 heavy (non-hydrogen) atoms. The minimum Gasteiger partial charge on any atom is -0.355 e. The number of amides is 2. The number of anilines is 1. The number of carbonyl (C=O) groups is 2. The molecule has 0 spiro atoms. The second kappa shape index (κ2) is 6.61. The highest BCUT2D eigenvalue weighted by atomic mass is 16.2. The summed E-state index contributed by atoms with van der Waals surface area (Å²) < 4.78 is 0. The van der Waals surface area contributed by atoms with Gasteiger partial charge in [0, 0.05) is 12.2 Å². The van der Waals surface area contributed by atoms with Gasteiger partial charge in [0.15, 0.2) is 0 Å². The zero-order valence-corrected chi connectivity index (χ0v) is 13.0. The van der Waals surface area contributed by atoms with Crippen LogP contribution in [-0.2, 0) is 9.59 Å². The molecule has 0 aromatic heterocycles. The van der Waals surface area contributed by atoms with Crippen molar-refractivity contribution in [2.75, 3.05) is 11.9 Å². The van der Waals surface area contributed by atoms with Crippen molar-refractivity contribution < 1.29 is 9.59 Å². The summed E-state index contributed by atoms with van der Waals surface area (Å²) in [6, 6.07) is 8.71. The standard InChI is InChI=1S/C17H21N3O2/c1-12(2)6-9-19-15(21)17(7-8-17)16(22)20-14-5-3-4-13(10-14)11-18/h3-5,10,12H,6-9H2,1-2H3,(H,19,21)(H,20,22). The maximum absolute atomic E-state index is 12.4. The van der Waals surface area contributed by atoms with Gasteiger partial charge in [-0.25, -0.2) is 0 Å². The molecule has 1 saturated carbocycles. The van der Waals surface area contributed by atoms with Crippen LogP contribution in [0.4, 0.5) is 5.69 Å². The highest BCUT2D eigenvalue weighted by molar-refractivity contribution is 6.13. The van der Waals surface area contributed by atoms with E-state index in [9.17, 15) is 9.59 Å². The van der Waals surface area contributed by atoms with E-state index in [-0.39, 0.29) is 11.8 Å². The largest absolute Gasteiger partial charge is 0.355 e. The Bertz CT molecular complexity index is 613. The predicted octanol–water partition coefficient (Wildman–Crippen LogP) is 2.44. The van der Waals surface area contributed by atoms with Crippen LogP contribution in [0.2, 0.25) is 0 Å². The molecule has 0 saturated heterocycles. The van der Waals surface area contributed by atoms with Crippen molar-refractivity contribution in [3.05, 3.63) is 29.8 Å². The Kier molecular flexibility index (Phi) is 4.81. The van der Waals surface area contributed by atoms with Gasteiger partial charge in [-0.3, -0.25) is 9.59 Å². The van der Waals surface area contributed by atoms with E-state index in [1.807, 2.05) is 6.07 Å². The van der Waals surface area contributed by atoms with Crippen LogP contribution in [0.1, 0.15) is 38.7 Å². The fourth-order valence-corrected chi connectivity index (χ4v) is 2.24. The molecule has 0 heterocycles. The lowest BCUT2D eigenvalue weighted by Crippen LogP contribution is -2.40. The van der Waals surface area contributed by atoms with Crippen molar-refractivity contribution in [3.63, 3.8) is 0 Å². The maximum atomic E-state index is 12.4. The predicted molar refractivity (Wildman–Crippen MR) is 83.9 cm³/mol. The van der Waals surface area contributed by atoms with Gasteiger partial charge in [-0.2, -0.15) is 5.26 Å². The smallest absolute Gasteiger partial charge is 0.240 e. The second-order valence-electron chi connectivity index (χ2n) is 6.17. The van der Waals surface area contributed by atoms with Gasteiger partial charge in [0.05, 0.1) is 11.6 Å². The summed E-state index contributed by atoms with van der Waals surface area (Å²) in [5.41, 5.74) is 0.0916. The molecule has 5 heteroatoms. The summed E-state index contributed by atoms with van der Waals surface area (Å²) in [5, 5.41) is 14.5. The molecular formula is C17H21N3O2. The summed E-state index contributed by atoms with van der Waals surface area (Å²) in [7, 11) is 0. The first-order chi connectivity index (χ1) is 10.5. The molecule has 0 bridgehead atoms. The first-order valence-electron chi connectivity index (χ1n) is 7.58. The highest BCUT2D eigenvalue weighted by Gasteiger charge is 2.56. The van der Waals surface area contributed by atoms with E-state index in [4.69, 9.17) is 5.26 Å². The molecule has 116 valence electrons. The van der Waals surface area contributed by atoms with E-state index in [0.29, 0.717) is 36.6 Å². The Labute approximate surface area is 130 Å². The summed E-state index contributed by atoms with van der Waals surface area (Å²) in [5.74, 6) is 0.0322. The van der Waals surface area contributed by atoms with Crippen LogP contribution in [-0.4, -0.2) is 18.4 Å². The molecule has 2 N–H and O–H groups in total. The van der Waals surface area contributed by atoms with Gasteiger partial charge in [0.2, 0.25) is 11.8 Å². The molecule has 5 nitrogen and oxygen atoms in total. The van der Waals surface area contributed by atoms with Crippen molar-refractivity contribution in [1.82, 2.24) is 5.32 Å². The monoisotopic (exact) mass is 299 g/mol. The molecule has 1 aromatic carbocycles. The van der Waals surface area contributed by atoms with Crippen LogP contribution in [0.3, 0.4) is 0 Å². The molecule has 2 rings (SSSR count). The normalized spacial score (nSPS) is 15.0. The van der Waals surface area contributed by atoms with E-state index in [2.05, 4.69) is 24.5 Å². The molecular weight excluding hydrogens is 278 g/mol. The molecule has 0 radical (unpaired) electrons. The summed E-state index contributed by atoms with van der Waals surface area (Å²) >= 11 is 0. The van der Waals surface area contributed by atoms with Gasteiger partial charge in [-0.05, 0) is 43.4 Å². The molecule has 1 aliphatic carbocycles. The number of rotatable bonds is 6. The van der Waals surface area contributed by atoms with Gasteiger partial charge < -0.3 is 10.6 Å². The molecule has 0 aliphatic heterocycles. The number of benzene rings is 1. The average Bonchev–Trinajstić information content (AvgIpc) is 3.28. The van der Waals surface area contributed by atoms with Gasteiger partial charge in [0.1, 0.15) is 5.41 Å². The van der Waals surface area contributed by atoms with Crippen LogP contribution in [0.25, 0.3) is 0 Å².